The monoisotopic (exact) mass is 204 g/mol. The van der Waals surface area contributed by atoms with Gasteiger partial charge in [-0.3, -0.25) is 4.79 Å². The van der Waals surface area contributed by atoms with Gasteiger partial charge >= 0.3 is 0 Å². The van der Waals surface area contributed by atoms with Crippen molar-refractivity contribution in [2.24, 2.45) is 5.73 Å². The molecule has 0 aromatic heterocycles. The van der Waals surface area contributed by atoms with Gasteiger partial charge in [0.2, 0.25) is 5.91 Å². The van der Waals surface area contributed by atoms with Gasteiger partial charge in [0.15, 0.2) is 6.29 Å². The quantitative estimate of drug-likeness (QED) is 0.566. The number of rotatable bonds is 7. The Labute approximate surface area is 84.9 Å². The van der Waals surface area contributed by atoms with Gasteiger partial charge in [-0.1, -0.05) is 0 Å². The van der Waals surface area contributed by atoms with Crippen molar-refractivity contribution in [2.45, 2.75) is 32.1 Å². The molecule has 0 saturated heterocycles. The molecule has 14 heavy (non-hydrogen) atoms. The van der Waals surface area contributed by atoms with Crippen LogP contribution >= 0.6 is 0 Å². The van der Waals surface area contributed by atoms with Crippen molar-refractivity contribution < 1.29 is 14.3 Å². The zero-order valence-electron chi connectivity index (χ0n) is 9.29. The Bertz CT molecular complexity index is 179. The third-order valence-electron chi connectivity index (χ3n) is 1.89. The molecule has 0 heterocycles. The summed E-state index contributed by atoms with van der Waals surface area (Å²) in [5, 5.41) is 3.14. The van der Waals surface area contributed by atoms with E-state index in [2.05, 4.69) is 5.32 Å². The van der Waals surface area contributed by atoms with E-state index in [-0.39, 0.29) is 24.2 Å². The average Bonchev–Trinajstić information content (AvgIpc) is 2.03. The molecule has 0 rings (SSSR count). The largest absolute Gasteiger partial charge is 0.370 e. The summed E-state index contributed by atoms with van der Waals surface area (Å²) < 4.78 is 10.00. The van der Waals surface area contributed by atoms with E-state index in [1.54, 1.807) is 14.2 Å². The van der Waals surface area contributed by atoms with Gasteiger partial charge in [-0.05, 0) is 13.8 Å². The second kappa shape index (κ2) is 5.95. The van der Waals surface area contributed by atoms with Crippen LogP contribution in [0.25, 0.3) is 0 Å². The lowest BCUT2D eigenvalue weighted by Crippen LogP contribution is -2.46. The fourth-order valence-corrected chi connectivity index (χ4v) is 1.12. The predicted octanol–water partition coefficient (Wildman–Crippen LogP) is -0.151. The van der Waals surface area contributed by atoms with E-state index >= 15 is 0 Å². The van der Waals surface area contributed by atoms with Crippen LogP contribution in [0.3, 0.4) is 0 Å². The van der Waals surface area contributed by atoms with Gasteiger partial charge in [0.1, 0.15) is 0 Å². The molecule has 0 bridgehead atoms. The van der Waals surface area contributed by atoms with Gasteiger partial charge in [-0.15, -0.1) is 0 Å². The van der Waals surface area contributed by atoms with Crippen molar-refractivity contribution in [2.75, 3.05) is 20.8 Å². The first-order valence-corrected chi connectivity index (χ1v) is 4.50. The summed E-state index contributed by atoms with van der Waals surface area (Å²) in [5.41, 5.74) is 4.78. The lowest BCUT2D eigenvalue weighted by atomic mass is 10.0. The van der Waals surface area contributed by atoms with Gasteiger partial charge < -0.3 is 20.5 Å². The molecule has 0 saturated carbocycles. The third kappa shape index (κ3) is 5.90. The maximum Gasteiger partial charge on any atom is 0.219 e. The molecule has 84 valence electrons. The Kier molecular flexibility index (Phi) is 5.68. The molecule has 0 radical (unpaired) electrons. The van der Waals surface area contributed by atoms with E-state index in [4.69, 9.17) is 15.2 Å². The number of amides is 1. The number of ether oxygens (including phenoxy) is 2. The number of methoxy groups -OCH3 is 2. The zero-order valence-corrected chi connectivity index (χ0v) is 9.29. The molecule has 0 aromatic carbocycles. The molecule has 0 aliphatic rings. The minimum absolute atomic E-state index is 0.285. The fraction of sp³-hybridized carbons (Fsp3) is 0.889. The van der Waals surface area contributed by atoms with E-state index in [9.17, 15) is 4.79 Å². The van der Waals surface area contributed by atoms with E-state index in [1.807, 2.05) is 13.8 Å². The molecule has 0 fully saturated rings. The third-order valence-corrected chi connectivity index (χ3v) is 1.89. The van der Waals surface area contributed by atoms with Crippen LogP contribution in [0.5, 0.6) is 0 Å². The van der Waals surface area contributed by atoms with E-state index in [0.29, 0.717) is 6.54 Å². The number of primary amides is 1. The minimum Gasteiger partial charge on any atom is -0.370 e. The summed E-state index contributed by atoms with van der Waals surface area (Å²) in [5.74, 6) is -0.325. The Morgan fingerprint density at radius 1 is 1.43 bits per heavy atom. The van der Waals surface area contributed by atoms with E-state index in [1.165, 1.54) is 0 Å². The molecule has 5 heteroatoms. The van der Waals surface area contributed by atoms with Crippen LogP contribution in [-0.2, 0) is 14.3 Å². The second-order valence-electron chi connectivity index (χ2n) is 3.81. The van der Waals surface area contributed by atoms with Crippen LogP contribution in [0, 0.1) is 0 Å². The maximum absolute atomic E-state index is 10.7. The van der Waals surface area contributed by atoms with Gasteiger partial charge in [-0.2, -0.15) is 0 Å². The van der Waals surface area contributed by atoms with Crippen LogP contribution < -0.4 is 11.1 Å². The summed E-state index contributed by atoms with van der Waals surface area (Å²) in [4.78, 5) is 10.7. The number of nitrogens with one attached hydrogen (secondary N) is 1. The molecule has 3 N–H and O–H groups in total. The van der Waals surface area contributed by atoms with Crippen molar-refractivity contribution in [1.29, 1.82) is 0 Å². The molecule has 0 aliphatic carbocycles. The highest BCUT2D eigenvalue weighted by molar-refractivity contribution is 5.74. The number of carbonyl (C=O) groups is 1. The van der Waals surface area contributed by atoms with E-state index < -0.39 is 0 Å². The highest BCUT2D eigenvalue weighted by Crippen LogP contribution is 2.07. The van der Waals surface area contributed by atoms with Crippen molar-refractivity contribution >= 4 is 5.91 Å². The Morgan fingerprint density at radius 3 is 2.29 bits per heavy atom. The van der Waals surface area contributed by atoms with Gasteiger partial charge in [0.25, 0.3) is 0 Å². The molecule has 5 nitrogen and oxygen atoms in total. The van der Waals surface area contributed by atoms with Crippen molar-refractivity contribution in [1.82, 2.24) is 5.32 Å². The Hall–Kier alpha value is -0.650. The minimum atomic E-state index is -0.332. The van der Waals surface area contributed by atoms with Gasteiger partial charge in [-0.25, -0.2) is 0 Å². The predicted molar refractivity (Wildman–Crippen MR) is 53.7 cm³/mol. The Morgan fingerprint density at radius 2 is 1.93 bits per heavy atom. The lowest BCUT2D eigenvalue weighted by molar-refractivity contribution is -0.120. The normalized spacial score (nSPS) is 12.1. The molecule has 0 atom stereocenters. The second-order valence-corrected chi connectivity index (χ2v) is 3.81. The summed E-state index contributed by atoms with van der Waals surface area (Å²) >= 11 is 0. The Balaban J connectivity index is 3.90. The first-order chi connectivity index (χ1) is 6.41. The maximum atomic E-state index is 10.7. The average molecular weight is 204 g/mol. The number of nitrogens with two attached hydrogens (primary N) is 1. The van der Waals surface area contributed by atoms with Crippen LogP contribution in [0.4, 0.5) is 0 Å². The smallest absolute Gasteiger partial charge is 0.219 e. The van der Waals surface area contributed by atoms with E-state index in [0.717, 1.165) is 0 Å². The summed E-state index contributed by atoms with van der Waals surface area (Å²) in [6.07, 6.45) is -0.0187. The number of carbonyl (C=O) groups excluding carboxylic acids is 1. The van der Waals surface area contributed by atoms with Gasteiger partial charge in [0.05, 0.1) is 0 Å². The van der Waals surface area contributed by atoms with Crippen LogP contribution in [-0.4, -0.2) is 38.5 Å². The van der Waals surface area contributed by atoms with Crippen LogP contribution in [0.15, 0.2) is 0 Å². The standard InChI is InChI=1S/C9H20N2O3/c1-9(2,5-7(10)12)11-6-8(13-3)14-4/h8,11H,5-6H2,1-4H3,(H2,10,12). The molecular weight excluding hydrogens is 184 g/mol. The SMILES string of the molecule is COC(CNC(C)(C)CC(N)=O)OC. The van der Waals surface area contributed by atoms with Gasteiger partial charge in [0, 0.05) is 32.7 Å². The number of hydrogen-bond acceptors (Lipinski definition) is 4. The highest BCUT2D eigenvalue weighted by Gasteiger charge is 2.21. The topological polar surface area (TPSA) is 73.6 Å². The molecule has 0 spiro atoms. The first-order valence-electron chi connectivity index (χ1n) is 4.50. The van der Waals surface area contributed by atoms with Crippen LogP contribution in [0.2, 0.25) is 0 Å². The van der Waals surface area contributed by atoms with Crippen molar-refractivity contribution in [3.8, 4) is 0 Å². The summed E-state index contributed by atoms with van der Waals surface area (Å²) in [6, 6.07) is 0. The first kappa shape index (κ1) is 13.4. The van der Waals surface area contributed by atoms with Crippen LogP contribution in [0.1, 0.15) is 20.3 Å². The molecule has 0 aliphatic heterocycles. The highest BCUT2D eigenvalue weighted by atomic mass is 16.7. The molecular formula is C9H20N2O3. The number of hydrogen-bond donors (Lipinski definition) is 2. The lowest BCUT2D eigenvalue weighted by Gasteiger charge is -2.26. The fourth-order valence-electron chi connectivity index (χ4n) is 1.12. The summed E-state index contributed by atoms with van der Waals surface area (Å²) in [7, 11) is 3.13. The summed E-state index contributed by atoms with van der Waals surface area (Å²) in [6.45, 7) is 4.33. The molecule has 0 aromatic rings. The molecule has 0 unspecified atom stereocenters. The van der Waals surface area contributed by atoms with Crippen molar-refractivity contribution in [3.63, 3.8) is 0 Å². The van der Waals surface area contributed by atoms with Crippen molar-refractivity contribution in [3.05, 3.63) is 0 Å². The molecule has 1 amide bonds. The zero-order chi connectivity index (χ0) is 11.2.